The highest BCUT2D eigenvalue weighted by Crippen LogP contribution is 2.19. The second-order valence-electron chi connectivity index (χ2n) is 4.44. The second kappa shape index (κ2) is 6.12. The summed E-state index contributed by atoms with van der Waals surface area (Å²) in [6.07, 6.45) is 5.21. The fourth-order valence-electron chi connectivity index (χ4n) is 2.00. The van der Waals surface area contributed by atoms with Gasteiger partial charge in [0.1, 0.15) is 0 Å². The first-order valence-corrected chi connectivity index (χ1v) is 7.07. The van der Waals surface area contributed by atoms with Crippen LogP contribution in [0.3, 0.4) is 0 Å². The van der Waals surface area contributed by atoms with Crippen LogP contribution in [0.4, 0.5) is 0 Å². The average molecular weight is 316 g/mol. The molecule has 5 heteroatoms. The molecule has 3 aromatic rings. The highest BCUT2D eigenvalue weighted by Gasteiger charge is 1.99. The molecule has 3 rings (SSSR count). The molecule has 0 radical (unpaired) electrons. The largest absolute Gasteiger partial charge is 0.361 e. The molecule has 0 aliphatic carbocycles. The number of halogens is 2. The van der Waals surface area contributed by atoms with Gasteiger partial charge in [-0.05, 0) is 18.2 Å². The minimum absolute atomic E-state index is 0.550. The van der Waals surface area contributed by atoms with Crippen LogP contribution in [0.25, 0.3) is 10.9 Å². The zero-order valence-electron chi connectivity index (χ0n) is 10.9. The molecule has 0 unspecified atom stereocenters. The molecule has 0 amide bonds. The summed E-state index contributed by atoms with van der Waals surface area (Å²) in [4.78, 5) is 3.18. The Morgan fingerprint density at radius 1 is 0.905 bits per heavy atom. The maximum absolute atomic E-state index is 6.05. The lowest BCUT2D eigenvalue weighted by atomic mass is 10.2. The first-order chi connectivity index (χ1) is 10.2. The number of para-hydroxylation sites is 1. The zero-order valence-corrected chi connectivity index (χ0v) is 12.4. The quantitative estimate of drug-likeness (QED) is 0.526. The number of benzene rings is 2. The maximum Gasteiger partial charge on any atom is 0.0589 e. The third-order valence-electron chi connectivity index (χ3n) is 3.04. The monoisotopic (exact) mass is 315 g/mol. The third kappa shape index (κ3) is 3.15. The minimum atomic E-state index is 0.550. The van der Waals surface area contributed by atoms with E-state index in [1.54, 1.807) is 30.6 Å². The van der Waals surface area contributed by atoms with E-state index >= 15 is 0 Å². The van der Waals surface area contributed by atoms with Crippen LogP contribution < -0.4 is 0 Å². The molecular formula is C16H11Cl2N3. The van der Waals surface area contributed by atoms with Crippen LogP contribution in [-0.4, -0.2) is 17.4 Å². The van der Waals surface area contributed by atoms with Crippen molar-refractivity contribution >= 4 is 46.5 Å². The fourth-order valence-corrected chi connectivity index (χ4v) is 2.46. The van der Waals surface area contributed by atoms with Crippen molar-refractivity contribution < 1.29 is 0 Å². The molecule has 0 atom stereocenters. The summed E-state index contributed by atoms with van der Waals surface area (Å²) in [5.41, 5.74) is 2.84. The number of hydrogen-bond donors (Lipinski definition) is 1. The van der Waals surface area contributed by atoms with Gasteiger partial charge in [-0.15, -0.1) is 0 Å². The molecule has 0 saturated carbocycles. The smallest absolute Gasteiger partial charge is 0.0589 e. The summed E-state index contributed by atoms with van der Waals surface area (Å²) in [6, 6.07) is 13.3. The standard InChI is InChI=1S/C16H11Cl2N3/c17-13-6-5-11(15(18)7-13)9-20-21-10-12-8-19-16-4-2-1-3-14(12)16/h1-10,19H/b20-9?,21-10+. The normalized spacial score (nSPS) is 11.9. The van der Waals surface area contributed by atoms with Crippen molar-refractivity contribution in [2.24, 2.45) is 10.2 Å². The Kier molecular flexibility index (Phi) is 4.04. The zero-order chi connectivity index (χ0) is 14.7. The Hall–Kier alpha value is -2.10. The van der Waals surface area contributed by atoms with E-state index in [4.69, 9.17) is 23.2 Å². The number of H-pyrrole nitrogens is 1. The lowest BCUT2D eigenvalue weighted by molar-refractivity contribution is 1.26. The van der Waals surface area contributed by atoms with Crippen molar-refractivity contribution in [3.8, 4) is 0 Å². The highest BCUT2D eigenvalue weighted by atomic mass is 35.5. The van der Waals surface area contributed by atoms with E-state index in [0.717, 1.165) is 22.0 Å². The van der Waals surface area contributed by atoms with Crippen LogP contribution in [0.2, 0.25) is 10.0 Å². The summed E-state index contributed by atoms with van der Waals surface area (Å²) in [5.74, 6) is 0. The van der Waals surface area contributed by atoms with E-state index in [1.807, 2.05) is 30.5 Å². The molecule has 1 heterocycles. The Morgan fingerprint density at radius 2 is 1.67 bits per heavy atom. The molecule has 0 bridgehead atoms. The maximum atomic E-state index is 6.05. The molecule has 0 aliphatic rings. The SMILES string of the molecule is Clc1ccc(C=N/N=C/c2c[nH]c3ccccc23)c(Cl)c1. The van der Waals surface area contributed by atoms with Gasteiger partial charge in [-0.3, -0.25) is 0 Å². The van der Waals surface area contributed by atoms with Crippen molar-refractivity contribution in [1.82, 2.24) is 4.98 Å². The first-order valence-electron chi connectivity index (χ1n) is 6.31. The molecule has 21 heavy (non-hydrogen) atoms. The topological polar surface area (TPSA) is 40.5 Å². The Balaban J connectivity index is 1.79. The number of nitrogens with zero attached hydrogens (tertiary/aromatic N) is 2. The molecule has 3 nitrogen and oxygen atoms in total. The summed E-state index contributed by atoms with van der Waals surface area (Å²) in [5, 5.41) is 10.3. The van der Waals surface area contributed by atoms with Gasteiger partial charge in [0.05, 0.1) is 17.5 Å². The minimum Gasteiger partial charge on any atom is -0.361 e. The lowest BCUT2D eigenvalue weighted by Crippen LogP contribution is -1.82. The van der Waals surface area contributed by atoms with Crippen LogP contribution in [0.15, 0.2) is 58.9 Å². The number of fused-ring (bicyclic) bond motifs is 1. The average Bonchev–Trinajstić information content (AvgIpc) is 2.89. The van der Waals surface area contributed by atoms with Crippen molar-refractivity contribution in [3.63, 3.8) is 0 Å². The highest BCUT2D eigenvalue weighted by molar-refractivity contribution is 6.36. The number of hydrogen-bond acceptors (Lipinski definition) is 2. The number of rotatable bonds is 3. The van der Waals surface area contributed by atoms with Gasteiger partial charge in [-0.2, -0.15) is 10.2 Å². The van der Waals surface area contributed by atoms with Gasteiger partial charge in [-0.25, -0.2) is 0 Å². The molecule has 0 spiro atoms. The summed E-state index contributed by atoms with van der Waals surface area (Å²) < 4.78 is 0. The summed E-state index contributed by atoms with van der Waals surface area (Å²) in [6.45, 7) is 0. The van der Waals surface area contributed by atoms with E-state index in [0.29, 0.717) is 10.0 Å². The van der Waals surface area contributed by atoms with Gasteiger partial charge in [0.15, 0.2) is 0 Å². The second-order valence-corrected chi connectivity index (χ2v) is 5.29. The van der Waals surface area contributed by atoms with Crippen LogP contribution in [-0.2, 0) is 0 Å². The summed E-state index contributed by atoms with van der Waals surface area (Å²) >= 11 is 11.9. The number of aromatic amines is 1. The molecule has 1 aromatic heterocycles. The van der Waals surface area contributed by atoms with Crippen LogP contribution >= 0.6 is 23.2 Å². The van der Waals surface area contributed by atoms with Crippen molar-refractivity contribution in [2.45, 2.75) is 0 Å². The molecule has 0 fully saturated rings. The third-order valence-corrected chi connectivity index (χ3v) is 3.61. The summed E-state index contributed by atoms with van der Waals surface area (Å²) in [7, 11) is 0. The molecule has 2 aromatic carbocycles. The molecule has 0 saturated heterocycles. The van der Waals surface area contributed by atoms with Gasteiger partial charge in [0.2, 0.25) is 0 Å². The van der Waals surface area contributed by atoms with E-state index in [9.17, 15) is 0 Å². The lowest BCUT2D eigenvalue weighted by Gasteiger charge is -1.96. The molecule has 104 valence electrons. The van der Waals surface area contributed by atoms with E-state index in [2.05, 4.69) is 15.2 Å². The van der Waals surface area contributed by atoms with E-state index < -0.39 is 0 Å². The van der Waals surface area contributed by atoms with Crippen molar-refractivity contribution in [3.05, 3.63) is 69.8 Å². The van der Waals surface area contributed by atoms with Gasteiger partial charge in [0, 0.05) is 33.2 Å². The predicted octanol–water partition coefficient (Wildman–Crippen LogP) is 4.93. The van der Waals surface area contributed by atoms with Gasteiger partial charge in [0.25, 0.3) is 0 Å². The fraction of sp³-hybridized carbons (Fsp3) is 0. The molecule has 0 aliphatic heterocycles. The first kappa shape index (κ1) is 13.9. The van der Waals surface area contributed by atoms with Gasteiger partial charge >= 0.3 is 0 Å². The predicted molar refractivity (Wildman–Crippen MR) is 89.9 cm³/mol. The number of aromatic nitrogens is 1. The Bertz CT molecular complexity index is 834. The van der Waals surface area contributed by atoms with E-state index in [-0.39, 0.29) is 0 Å². The van der Waals surface area contributed by atoms with Gasteiger partial charge < -0.3 is 4.98 Å². The van der Waals surface area contributed by atoms with E-state index in [1.165, 1.54) is 0 Å². The van der Waals surface area contributed by atoms with Crippen molar-refractivity contribution in [1.29, 1.82) is 0 Å². The number of nitrogens with one attached hydrogen (secondary N) is 1. The Labute approximate surface area is 131 Å². The molecule has 1 N–H and O–H groups in total. The van der Waals surface area contributed by atoms with Crippen molar-refractivity contribution in [2.75, 3.05) is 0 Å². The van der Waals surface area contributed by atoms with Gasteiger partial charge in [-0.1, -0.05) is 47.5 Å². The van der Waals surface area contributed by atoms with Crippen LogP contribution in [0, 0.1) is 0 Å². The Morgan fingerprint density at radius 3 is 2.48 bits per heavy atom. The van der Waals surface area contributed by atoms with Crippen LogP contribution in [0.1, 0.15) is 11.1 Å². The van der Waals surface area contributed by atoms with Crippen LogP contribution in [0.5, 0.6) is 0 Å². The molecular weight excluding hydrogens is 305 g/mol.